The van der Waals surface area contributed by atoms with Gasteiger partial charge in [-0.25, -0.2) is 14.8 Å². The van der Waals surface area contributed by atoms with Crippen LogP contribution in [-0.2, 0) is 11.2 Å². The molecule has 5 atom stereocenters. The van der Waals surface area contributed by atoms with Crippen LogP contribution in [0.15, 0.2) is 30.5 Å². The van der Waals surface area contributed by atoms with E-state index >= 15 is 4.39 Å². The highest BCUT2D eigenvalue weighted by Crippen LogP contribution is 2.45. The zero-order chi connectivity index (χ0) is 26.1. The summed E-state index contributed by atoms with van der Waals surface area (Å²) in [4.78, 5) is 13.3. The van der Waals surface area contributed by atoms with Crippen molar-refractivity contribution in [3.8, 4) is 5.75 Å². The minimum atomic E-state index is -1.000. The monoisotopic (exact) mass is 524 g/mol. The second-order valence-electron chi connectivity index (χ2n) is 11.2. The number of fused-ring (bicyclic) bond motifs is 1. The molecule has 1 aromatic heterocycles. The smallest absolute Gasteiger partial charge is 0.125 e. The second-order valence-corrected chi connectivity index (χ2v) is 11.2. The summed E-state index contributed by atoms with van der Waals surface area (Å²) >= 11 is 0. The number of benzene rings is 1. The molecule has 2 aromatic rings. The molecule has 0 spiro atoms. The summed E-state index contributed by atoms with van der Waals surface area (Å²) in [6.45, 7) is 10.1. The average Bonchev–Trinajstić information content (AvgIpc) is 3.61. The molecule has 206 valence electrons. The van der Waals surface area contributed by atoms with E-state index in [4.69, 9.17) is 9.72 Å². The first-order valence-corrected chi connectivity index (χ1v) is 14.3. The van der Waals surface area contributed by atoms with E-state index in [1.165, 1.54) is 5.57 Å². The number of rotatable bonds is 7. The minimum Gasteiger partial charge on any atom is -0.508 e. The van der Waals surface area contributed by atoms with Crippen LogP contribution in [-0.4, -0.2) is 89.6 Å². The van der Waals surface area contributed by atoms with Crippen molar-refractivity contribution in [2.24, 2.45) is 5.92 Å². The molecule has 5 unspecified atom stereocenters. The SMILES string of the molecule is CCc1cc(O)ccc1C1CCC2C(c3ncc(C4=CCN(CCN5CCOCC5)CC4)[nH]3)NNC2C1F. The molecule has 8 nitrogen and oxygen atoms in total. The number of nitrogens with zero attached hydrogens (tertiary/aromatic N) is 3. The maximum atomic E-state index is 15.9. The summed E-state index contributed by atoms with van der Waals surface area (Å²) < 4.78 is 21.3. The van der Waals surface area contributed by atoms with E-state index in [9.17, 15) is 5.11 Å². The number of hydrogen-bond acceptors (Lipinski definition) is 7. The lowest BCUT2D eigenvalue weighted by Crippen LogP contribution is -2.45. The molecule has 4 aliphatic rings. The number of halogens is 1. The summed E-state index contributed by atoms with van der Waals surface area (Å²) in [5.74, 6) is 1.11. The van der Waals surface area contributed by atoms with Crippen LogP contribution in [0.4, 0.5) is 4.39 Å². The van der Waals surface area contributed by atoms with Crippen LogP contribution in [0, 0.1) is 5.92 Å². The highest BCUT2D eigenvalue weighted by molar-refractivity contribution is 5.63. The van der Waals surface area contributed by atoms with Crippen molar-refractivity contribution in [3.63, 3.8) is 0 Å². The van der Waals surface area contributed by atoms with Crippen LogP contribution in [0.5, 0.6) is 5.75 Å². The van der Waals surface area contributed by atoms with Crippen LogP contribution < -0.4 is 10.9 Å². The second kappa shape index (κ2) is 11.4. The van der Waals surface area contributed by atoms with Crippen molar-refractivity contribution in [1.82, 2.24) is 30.6 Å². The molecule has 0 bridgehead atoms. The topological polar surface area (TPSA) is 88.7 Å². The quantitative estimate of drug-likeness (QED) is 0.443. The van der Waals surface area contributed by atoms with Gasteiger partial charge in [0.2, 0.25) is 0 Å². The van der Waals surface area contributed by atoms with E-state index in [0.29, 0.717) is 0 Å². The Hall–Kier alpha value is -2.30. The Kier molecular flexibility index (Phi) is 7.81. The number of aryl methyl sites for hydroxylation is 1. The lowest BCUT2D eigenvalue weighted by atomic mass is 9.71. The fourth-order valence-electron chi connectivity index (χ4n) is 6.83. The highest BCUT2D eigenvalue weighted by atomic mass is 19.1. The summed E-state index contributed by atoms with van der Waals surface area (Å²) in [5.41, 5.74) is 11.1. The third-order valence-electron chi connectivity index (χ3n) is 9.11. The zero-order valence-corrected chi connectivity index (χ0v) is 22.3. The number of nitrogens with one attached hydrogen (secondary N) is 3. The lowest BCUT2D eigenvalue weighted by Gasteiger charge is -2.36. The number of phenols is 1. The van der Waals surface area contributed by atoms with Gasteiger partial charge in [-0.15, -0.1) is 0 Å². The summed E-state index contributed by atoms with van der Waals surface area (Å²) in [6, 6.07) is 5.08. The molecule has 3 fully saturated rings. The predicted molar refractivity (Wildman–Crippen MR) is 146 cm³/mol. The molecule has 0 amide bonds. The molecule has 4 heterocycles. The van der Waals surface area contributed by atoms with Gasteiger partial charge in [0.25, 0.3) is 0 Å². The van der Waals surface area contributed by atoms with Gasteiger partial charge in [-0.1, -0.05) is 19.1 Å². The van der Waals surface area contributed by atoms with Crippen molar-refractivity contribution >= 4 is 5.57 Å². The minimum absolute atomic E-state index is 0.0346. The number of phenolic OH excluding ortho intramolecular Hbond substituents is 1. The van der Waals surface area contributed by atoms with E-state index in [2.05, 4.69) is 38.6 Å². The standard InChI is InChI=1S/C29H41FN6O2/c1-2-19-17-21(37)3-4-22(19)23-5-6-24-27(26(23)30)33-34-28(24)29-31-18-25(32-29)20-7-9-35(10-8-20)11-12-36-13-15-38-16-14-36/h3-4,7,17-18,23-24,26-28,33-34,37H,2,5-6,8-16H2,1H3,(H,31,32). The summed E-state index contributed by atoms with van der Waals surface area (Å²) in [5, 5.41) is 9.89. The van der Waals surface area contributed by atoms with Crippen molar-refractivity contribution < 1.29 is 14.2 Å². The van der Waals surface area contributed by atoms with Crippen LogP contribution in [0.1, 0.15) is 60.8 Å². The van der Waals surface area contributed by atoms with Crippen molar-refractivity contribution in [3.05, 3.63) is 53.1 Å². The highest BCUT2D eigenvalue weighted by Gasteiger charge is 2.48. The van der Waals surface area contributed by atoms with Crippen LogP contribution in [0.25, 0.3) is 5.57 Å². The van der Waals surface area contributed by atoms with Gasteiger partial charge in [0.05, 0.1) is 37.2 Å². The number of ether oxygens (including phenoxy) is 1. The maximum Gasteiger partial charge on any atom is 0.125 e. The normalized spacial score (nSPS) is 30.8. The average molecular weight is 525 g/mol. The molecular weight excluding hydrogens is 483 g/mol. The van der Waals surface area contributed by atoms with Gasteiger partial charge in [0, 0.05) is 51.1 Å². The molecule has 1 saturated carbocycles. The Morgan fingerprint density at radius 3 is 2.74 bits per heavy atom. The number of alkyl halides is 1. The van der Waals surface area contributed by atoms with E-state index in [-0.39, 0.29) is 29.7 Å². The van der Waals surface area contributed by atoms with Gasteiger partial charge in [-0.05, 0) is 54.5 Å². The van der Waals surface area contributed by atoms with E-state index in [0.717, 1.165) is 101 Å². The number of aromatic nitrogens is 2. The summed E-state index contributed by atoms with van der Waals surface area (Å²) in [7, 11) is 0. The molecule has 0 radical (unpaired) electrons. The third kappa shape index (κ3) is 5.27. The van der Waals surface area contributed by atoms with Crippen molar-refractivity contribution in [2.45, 2.75) is 56.8 Å². The molecule has 2 saturated heterocycles. The Morgan fingerprint density at radius 1 is 1.11 bits per heavy atom. The Balaban J connectivity index is 1.07. The zero-order valence-electron chi connectivity index (χ0n) is 22.3. The molecule has 1 aliphatic carbocycles. The molecular formula is C29H41FN6O2. The van der Waals surface area contributed by atoms with Gasteiger partial charge in [0.1, 0.15) is 17.7 Å². The first kappa shape index (κ1) is 26.0. The Labute approximate surface area is 224 Å². The number of imidazole rings is 1. The first-order valence-electron chi connectivity index (χ1n) is 14.3. The van der Waals surface area contributed by atoms with E-state index < -0.39 is 6.17 Å². The number of morpholine rings is 1. The van der Waals surface area contributed by atoms with Crippen LogP contribution in [0.2, 0.25) is 0 Å². The molecule has 1 aromatic carbocycles. The predicted octanol–water partition coefficient (Wildman–Crippen LogP) is 3.15. The van der Waals surface area contributed by atoms with Gasteiger partial charge in [-0.3, -0.25) is 15.2 Å². The van der Waals surface area contributed by atoms with Gasteiger partial charge in [0.15, 0.2) is 0 Å². The molecule has 6 rings (SSSR count). The van der Waals surface area contributed by atoms with Crippen LogP contribution >= 0.6 is 0 Å². The number of aromatic amines is 1. The molecule has 9 heteroatoms. The molecule has 4 N–H and O–H groups in total. The van der Waals surface area contributed by atoms with Crippen molar-refractivity contribution in [1.29, 1.82) is 0 Å². The Morgan fingerprint density at radius 2 is 1.95 bits per heavy atom. The number of hydrogen-bond donors (Lipinski definition) is 4. The molecule has 38 heavy (non-hydrogen) atoms. The van der Waals surface area contributed by atoms with Gasteiger partial charge >= 0.3 is 0 Å². The van der Waals surface area contributed by atoms with Crippen LogP contribution in [0.3, 0.4) is 0 Å². The van der Waals surface area contributed by atoms with E-state index in [1.54, 1.807) is 12.1 Å². The third-order valence-corrected chi connectivity index (χ3v) is 9.11. The fraction of sp³-hybridized carbons (Fsp3) is 0.621. The van der Waals surface area contributed by atoms with E-state index in [1.807, 2.05) is 12.3 Å². The largest absolute Gasteiger partial charge is 0.508 e. The number of aromatic hydroxyl groups is 1. The molecule has 3 aliphatic heterocycles. The summed E-state index contributed by atoms with van der Waals surface area (Å²) in [6.07, 6.45) is 6.77. The lowest BCUT2D eigenvalue weighted by molar-refractivity contribution is 0.0338. The fourth-order valence-corrected chi connectivity index (χ4v) is 6.83. The van der Waals surface area contributed by atoms with Gasteiger partial charge in [-0.2, -0.15) is 0 Å². The Bertz CT molecular complexity index is 1130. The van der Waals surface area contributed by atoms with Crippen molar-refractivity contribution in [2.75, 3.05) is 52.5 Å². The maximum absolute atomic E-state index is 15.9. The first-order chi connectivity index (χ1) is 18.6. The van der Waals surface area contributed by atoms with Gasteiger partial charge < -0.3 is 14.8 Å². The number of H-pyrrole nitrogens is 1. The number of hydrazine groups is 1.